The normalized spacial score (nSPS) is 11.5. The van der Waals surface area contributed by atoms with Gasteiger partial charge in [0.1, 0.15) is 0 Å². The van der Waals surface area contributed by atoms with Crippen molar-refractivity contribution in [3.8, 4) is 0 Å². The lowest BCUT2D eigenvalue weighted by Gasteiger charge is -2.24. The maximum absolute atomic E-state index is 4.28. The first-order valence-electron chi connectivity index (χ1n) is 5.81. The van der Waals surface area contributed by atoms with Crippen LogP contribution in [0.15, 0.2) is 12.4 Å². The number of aryl methyl sites for hydroxylation is 1. The Morgan fingerprint density at radius 2 is 1.88 bits per heavy atom. The van der Waals surface area contributed by atoms with E-state index in [9.17, 15) is 0 Å². The van der Waals surface area contributed by atoms with Gasteiger partial charge < -0.3 is 10.6 Å². The molecular formula is C12H22N4. The van der Waals surface area contributed by atoms with Crippen molar-refractivity contribution in [1.82, 2.24) is 15.3 Å². The molecule has 1 aromatic heterocycles. The molecule has 0 amide bonds. The van der Waals surface area contributed by atoms with Crippen LogP contribution in [0.5, 0.6) is 0 Å². The lowest BCUT2D eigenvalue weighted by Crippen LogP contribution is -2.43. The molecule has 16 heavy (non-hydrogen) atoms. The lowest BCUT2D eigenvalue weighted by atomic mass is 10.1. The van der Waals surface area contributed by atoms with Gasteiger partial charge in [-0.1, -0.05) is 13.3 Å². The lowest BCUT2D eigenvalue weighted by molar-refractivity contribution is 0.447. The Bertz CT molecular complexity index is 305. The molecule has 0 aliphatic carbocycles. The zero-order valence-electron chi connectivity index (χ0n) is 10.7. The van der Waals surface area contributed by atoms with Crippen molar-refractivity contribution in [2.75, 3.05) is 18.9 Å². The van der Waals surface area contributed by atoms with Crippen molar-refractivity contribution >= 4 is 5.95 Å². The molecule has 0 fully saturated rings. The quantitative estimate of drug-likeness (QED) is 0.771. The maximum atomic E-state index is 4.28. The van der Waals surface area contributed by atoms with Gasteiger partial charge in [0.15, 0.2) is 0 Å². The Balaban J connectivity index is 2.49. The molecule has 0 saturated carbocycles. The summed E-state index contributed by atoms with van der Waals surface area (Å²) in [5, 5.41) is 6.45. The van der Waals surface area contributed by atoms with Crippen molar-refractivity contribution in [3.63, 3.8) is 0 Å². The van der Waals surface area contributed by atoms with Crippen LogP contribution >= 0.6 is 0 Å². The molecule has 1 aromatic rings. The van der Waals surface area contributed by atoms with Gasteiger partial charge in [0, 0.05) is 24.5 Å². The second kappa shape index (κ2) is 5.80. The summed E-state index contributed by atoms with van der Waals surface area (Å²) in [5.41, 5.74) is 1.24. The number of likely N-dealkylation sites (N-methyl/N-ethyl adjacent to an activating group) is 1. The molecule has 0 atom stereocenters. The summed E-state index contributed by atoms with van der Waals surface area (Å²) in [6.07, 6.45) is 5.96. The van der Waals surface area contributed by atoms with Gasteiger partial charge in [-0.05, 0) is 32.9 Å². The Hall–Kier alpha value is -1.16. The highest BCUT2D eigenvalue weighted by molar-refractivity contribution is 5.25. The number of aromatic nitrogens is 2. The molecule has 0 aromatic carbocycles. The Kier molecular flexibility index (Phi) is 4.68. The molecular weight excluding hydrogens is 200 g/mol. The summed E-state index contributed by atoms with van der Waals surface area (Å²) >= 11 is 0. The highest BCUT2D eigenvalue weighted by Gasteiger charge is 2.14. The second-order valence-corrected chi connectivity index (χ2v) is 4.65. The third-order valence-corrected chi connectivity index (χ3v) is 2.61. The minimum Gasteiger partial charge on any atom is -0.352 e. The average molecular weight is 222 g/mol. The van der Waals surface area contributed by atoms with Gasteiger partial charge in [0.05, 0.1) is 0 Å². The highest BCUT2D eigenvalue weighted by Crippen LogP contribution is 2.05. The van der Waals surface area contributed by atoms with Crippen LogP contribution in [0.25, 0.3) is 0 Å². The van der Waals surface area contributed by atoms with Crippen molar-refractivity contribution < 1.29 is 0 Å². The molecule has 0 saturated heterocycles. The molecule has 0 unspecified atom stereocenters. The van der Waals surface area contributed by atoms with Crippen LogP contribution in [0.2, 0.25) is 0 Å². The van der Waals surface area contributed by atoms with Crippen LogP contribution < -0.4 is 10.6 Å². The van der Waals surface area contributed by atoms with Crippen LogP contribution in [-0.4, -0.2) is 29.1 Å². The summed E-state index contributed by atoms with van der Waals surface area (Å²) in [4.78, 5) is 8.57. The van der Waals surface area contributed by atoms with Crippen LogP contribution in [0.1, 0.15) is 32.8 Å². The number of nitrogens with one attached hydrogen (secondary N) is 2. The minimum absolute atomic E-state index is 0.0471. The fraction of sp³-hybridized carbons (Fsp3) is 0.667. The zero-order chi connectivity index (χ0) is 12.0. The summed E-state index contributed by atoms with van der Waals surface area (Å²) in [6.45, 7) is 7.22. The predicted octanol–water partition coefficient (Wildman–Crippen LogP) is 1.84. The summed E-state index contributed by atoms with van der Waals surface area (Å²) < 4.78 is 0. The number of hydrogen-bond acceptors (Lipinski definition) is 4. The van der Waals surface area contributed by atoms with E-state index in [0.717, 1.165) is 19.4 Å². The largest absolute Gasteiger partial charge is 0.352 e. The molecule has 2 N–H and O–H groups in total. The van der Waals surface area contributed by atoms with Gasteiger partial charge in [-0.25, -0.2) is 9.97 Å². The number of hydrogen-bond donors (Lipinski definition) is 2. The van der Waals surface area contributed by atoms with E-state index in [-0.39, 0.29) is 5.54 Å². The first-order valence-corrected chi connectivity index (χ1v) is 5.81. The topological polar surface area (TPSA) is 49.8 Å². The third-order valence-electron chi connectivity index (χ3n) is 2.61. The Morgan fingerprint density at radius 3 is 2.38 bits per heavy atom. The first kappa shape index (κ1) is 12.9. The summed E-state index contributed by atoms with van der Waals surface area (Å²) in [5.74, 6) is 0.697. The van der Waals surface area contributed by atoms with Gasteiger partial charge in [-0.3, -0.25) is 0 Å². The van der Waals surface area contributed by atoms with Gasteiger partial charge in [0.2, 0.25) is 5.95 Å². The highest BCUT2D eigenvalue weighted by atomic mass is 15.1. The van der Waals surface area contributed by atoms with Crippen LogP contribution in [0.3, 0.4) is 0 Å². The van der Waals surface area contributed by atoms with Crippen molar-refractivity contribution in [2.24, 2.45) is 0 Å². The molecule has 0 bridgehead atoms. The maximum Gasteiger partial charge on any atom is 0.222 e. The fourth-order valence-electron chi connectivity index (χ4n) is 1.25. The van der Waals surface area contributed by atoms with Crippen molar-refractivity contribution in [2.45, 2.75) is 39.2 Å². The van der Waals surface area contributed by atoms with Crippen LogP contribution in [0, 0.1) is 0 Å². The molecule has 0 radical (unpaired) electrons. The molecule has 0 spiro atoms. The molecule has 1 rings (SSSR count). The predicted molar refractivity (Wildman–Crippen MR) is 67.7 cm³/mol. The van der Waals surface area contributed by atoms with E-state index in [0.29, 0.717) is 5.95 Å². The molecule has 1 heterocycles. The van der Waals surface area contributed by atoms with E-state index >= 15 is 0 Å². The van der Waals surface area contributed by atoms with Gasteiger partial charge >= 0.3 is 0 Å². The van der Waals surface area contributed by atoms with Crippen LogP contribution in [-0.2, 0) is 6.42 Å². The molecule has 90 valence electrons. The number of anilines is 1. The molecule has 4 heteroatoms. The van der Waals surface area contributed by atoms with Gasteiger partial charge in [-0.2, -0.15) is 0 Å². The van der Waals surface area contributed by atoms with Crippen LogP contribution in [0.4, 0.5) is 5.95 Å². The van der Waals surface area contributed by atoms with Crippen molar-refractivity contribution in [1.29, 1.82) is 0 Å². The molecule has 0 aliphatic heterocycles. The van der Waals surface area contributed by atoms with E-state index in [4.69, 9.17) is 0 Å². The first-order chi connectivity index (χ1) is 7.57. The zero-order valence-corrected chi connectivity index (χ0v) is 10.7. The molecule has 0 aliphatic rings. The number of nitrogens with zero attached hydrogens (tertiary/aromatic N) is 2. The van der Waals surface area contributed by atoms with E-state index in [1.54, 1.807) is 0 Å². The Morgan fingerprint density at radius 1 is 1.25 bits per heavy atom. The van der Waals surface area contributed by atoms with Gasteiger partial charge in [0.25, 0.3) is 0 Å². The fourth-order valence-corrected chi connectivity index (χ4v) is 1.25. The van der Waals surface area contributed by atoms with E-state index in [2.05, 4.69) is 41.4 Å². The SMILES string of the molecule is CCCc1cnc(NCC(C)(C)NC)nc1. The molecule has 4 nitrogen and oxygen atoms in total. The van der Waals surface area contributed by atoms with E-state index in [1.165, 1.54) is 5.56 Å². The number of rotatable bonds is 6. The van der Waals surface area contributed by atoms with E-state index in [1.807, 2.05) is 19.4 Å². The monoisotopic (exact) mass is 222 g/mol. The third kappa shape index (κ3) is 4.14. The average Bonchev–Trinajstić information content (AvgIpc) is 2.29. The minimum atomic E-state index is 0.0471. The summed E-state index contributed by atoms with van der Waals surface area (Å²) in [6, 6.07) is 0. The standard InChI is InChI=1S/C12H22N4/c1-5-6-10-7-14-11(15-8-10)16-9-12(2,3)13-4/h7-8,13H,5-6,9H2,1-4H3,(H,14,15,16). The second-order valence-electron chi connectivity index (χ2n) is 4.65. The smallest absolute Gasteiger partial charge is 0.222 e. The Labute approximate surface area is 97.9 Å². The van der Waals surface area contributed by atoms with E-state index < -0.39 is 0 Å². The van der Waals surface area contributed by atoms with Gasteiger partial charge in [-0.15, -0.1) is 0 Å². The summed E-state index contributed by atoms with van der Waals surface area (Å²) in [7, 11) is 1.95. The van der Waals surface area contributed by atoms with Crippen molar-refractivity contribution in [3.05, 3.63) is 18.0 Å².